The van der Waals surface area contributed by atoms with E-state index in [-0.39, 0.29) is 0 Å². The Morgan fingerprint density at radius 3 is 2.47 bits per heavy atom. The maximum absolute atomic E-state index is 6.22. The Labute approximate surface area is 109 Å². The first-order chi connectivity index (χ1) is 8.06. The smallest absolute Gasteiger partial charge is 0.0459 e. The highest BCUT2D eigenvalue weighted by atomic mass is 35.5. The summed E-state index contributed by atoms with van der Waals surface area (Å²) in [5, 5.41) is 0.810. The minimum absolute atomic E-state index is 0.623. The van der Waals surface area contributed by atoms with Gasteiger partial charge in [-0.2, -0.15) is 0 Å². The molecule has 0 saturated heterocycles. The largest absolute Gasteiger partial charge is 0.373 e. The molecule has 0 aliphatic heterocycles. The second-order valence-corrected chi connectivity index (χ2v) is 4.91. The lowest BCUT2D eigenvalue weighted by molar-refractivity contribution is 0.416. The minimum Gasteiger partial charge on any atom is -0.373 e. The molecular formula is C13H22ClN3. The molecule has 0 spiro atoms. The normalized spacial score (nSPS) is 10.9. The summed E-state index contributed by atoms with van der Waals surface area (Å²) in [6.45, 7) is 2.62. The molecule has 0 aliphatic rings. The molecule has 0 fully saturated rings. The Balaban J connectivity index is 2.84. The molecule has 2 N–H and O–H groups in total. The van der Waals surface area contributed by atoms with E-state index in [0.717, 1.165) is 30.1 Å². The van der Waals surface area contributed by atoms with E-state index in [1.54, 1.807) is 0 Å². The fraction of sp³-hybridized carbons (Fsp3) is 0.538. The standard InChI is InChI=1S/C13H22ClN3/c1-16(2)9-10-17(3)13-6-4-5-12(14)11(13)7-8-15/h4-6H,7-10,15H2,1-3H3. The molecule has 0 heterocycles. The number of anilines is 1. The van der Waals surface area contributed by atoms with E-state index in [2.05, 4.69) is 37.0 Å². The van der Waals surface area contributed by atoms with Crippen molar-refractivity contribution < 1.29 is 0 Å². The van der Waals surface area contributed by atoms with Crippen LogP contribution < -0.4 is 10.6 Å². The minimum atomic E-state index is 0.623. The highest BCUT2D eigenvalue weighted by molar-refractivity contribution is 6.31. The quantitative estimate of drug-likeness (QED) is 0.842. The van der Waals surface area contributed by atoms with E-state index in [1.807, 2.05) is 12.1 Å². The fourth-order valence-corrected chi connectivity index (χ4v) is 2.03. The van der Waals surface area contributed by atoms with Crippen LogP contribution in [0.1, 0.15) is 5.56 Å². The van der Waals surface area contributed by atoms with E-state index < -0.39 is 0 Å². The van der Waals surface area contributed by atoms with Crippen LogP contribution in [0.3, 0.4) is 0 Å². The molecule has 4 heteroatoms. The molecule has 0 amide bonds. The zero-order valence-corrected chi connectivity index (χ0v) is 11.7. The van der Waals surface area contributed by atoms with Crippen molar-refractivity contribution in [3.8, 4) is 0 Å². The number of benzene rings is 1. The Morgan fingerprint density at radius 1 is 1.18 bits per heavy atom. The van der Waals surface area contributed by atoms with Crippen molar-refractivity contribution in [1.82, 2.24) is 4.90 Å². The van der Waals surface area contributed by atoms with Gasteiger partial charge in [-0.05, 0) is 44.8 Å². The fourth-order valence-electron chi connectivity index (χ4n) is 1.77. The molecule has 1 rings (SSSR count). The lowest BCUT2D eigenvalue weighted by Gasteiger charge is -2.24. The van der Waals surface area contributed by atoms with Crippen LogP contribution >= 0.6 is 11.6 Å². The first-order valence-electron chi connectivity index (χ1n) is 5.89. The van der Waals surface area contributed by atoms with E-state index in [9.17, 15) is 0 Å². The van der Waals surface area contributed by atoms with Gasteiger partial charge in [0, 0.05) is 30.8 Å². The number of hydrogen-bond donors (Lipinski definition) is 1. The second-order valence-electron chi connectivity index (χ2n) is 4.50. The molecule has 96 valence electrons. The predicted octanol–water partition coefficient (Wildman–Crippen LogP) is 1.84. The summed E-state index contributed by atoms with van der Waals surface area (Å²) in [4.78, 5) is 4.40. The first-order valence-corrected chi connectivity index (χ1v) is 6.27. The molecule has 0 radical (unpaired) electrons. The van der Waals surface area contributed by atoms with Crippen molar-refractivity contribution in [3.63, 3.8) is 0 Å². The van der Waals surface area contributed by atoms with Crippen LogP contribution in [0.4, 0.5) is 5.69 Å². The van der Waals surface area contributed by atoms with Gasteiger partial charge in [0.2, 0.25) is 0 Å². The maximum atomic E-state index is 6.22. The van der Waals surface area contributed by atoms with Crippen molar-refractivity contribution in [2.75, 3.05) is 45.7 Å². The summed E-state index contributed by atoms with van der Waals surface area (Å²) < 4.78 is 0. The molecule has 17 heavy (non-hydrogen) atoms. The summed E-state index contributed by atoms with van der Waals surface area (Å²) in [5.41, 5.74) is 7.97. The van der Waals surface area contributed by atoms with Gasteiger partial charge in [0.05, 0.1) is 0 Å². The summed E-state index contributed by atoms with van der Waals surface area (Å²) >= 11 is 6.22. The molecule has 3 nitrogen and oxygen atoms in total. The molecule has 0 aromatic heterocycles. The van der Waals surface area contributed by atoms with Crippen molar-refractivity contribution >= 4 is 17.3 Å². The van der Waals surface area contributed by atoms with Gasteiger partial charge in [0.15, 0.2) is 0 Å². The molecule has 1 aromatic rings. The highest BCUT2D eigenvalue weighted by Crippen LogP contribution is 2.27. The Morgan fingerprint density at radius 2 is 1.88 bits per heavy atom. The summed E-state index contributed by atoms with van der Waals surface area (Å²) in [6.07, 6.45) is 0.821. The second kappa shape index (κ2) is 6.84. The van der Waals surface area contributed by atoms with Crippen molar-refractivity contribution in [1.29, 1.82) is 0 Å². The molecule has 0 bridgehead atoms. The summed E-state index contributed by atoms with van der Waals surface area (Å²) in [6, 6.07) is 6.02. The van der Waals surface area contributed by atoms with Gasteiger partial charge < -0.3 is 15.5 Å². The summed E-state index contributed by atoms with van der Waals surface area (Å²) in [7, 11) is 6.24. The van der Waals surface area contributed by atoms with Crippen molar-refractivity contribution in [2.45, 2.75) is 6.42 Å². The van der Waals surface area contributed by atoms with Gasteiger partial charge in [-0.15, -0.1) is 0 Å². The number of likely N-dealkylation sites (N-methyl/N-ethyl adjacent to an activating group) is 2. The lowest BCUT2D eigenvalue weighted by Crippen LogP contribution is -2.29. The zero-order chi connectivity index (χ0) is 12.8. The Hall–Kier alpha value is -0.770. The number of halogens is 1. The van der Waals surface area contributed by atoms with Crippen LogP contribution in [0.25, 0.3) is 0 Å². The van der Waals surface area contributed by atoms with Crippen LogP contribution in [0.2, 0.25) is 5.02 Å². The number of nitrogens with two attached hydrogens (primary N) is 1. The van der Waals surface area contributed by atoms with E-state index >= 15 is 0 Å². The van der Waals surface area contributed by atoms with Crippen molar-refractivity contribution in [3.05, 3.63) is 28.8 Å². The molecule has 0 saturated carbocycles. The van der Waals surface area contributed by atoms with Crippen LogP contribution in [0.15, 0.2) is 18.2 Å². The Bertz CT molecular complexity index is 353. The van der Waals surface area contributed by atoms with E-state index in [1.165, 1.54) is 5.69 Å². The topological polar surface area (TPSA) is 32.5 Å². The van der Waals surface area contributed by atoms with Crippen LogP contribution in [-0.2, 0) is 6.42 Å². The lowest BCUT2D eigenvalue weighted by atomic mass is 10.1. The summed E-state index contributed by atoms with van der Waals surface area (Å²) in [5.74, 6) is 0. The number of nitrogens with zero attached hydrogens (tertiary/aromatic N) is 2. The van der Waals surface area contributed by atoms with Crippen LogP contribution in [-0.4, -0.2) is 45.7 Å². The molecule has 0 aliphatic carbocycles. The van der Waals surface area contributed by atoms with Gasteiger partial charge in [-0.1, -0.05) is 17.7 Å². The molecule has 0 unspecified atom stereocenters. The zero-order valence-electron chi connectivity index (χ0n) is 10.9. The third kappa shape index (κ3) is 4.19. The van der Waals surface area contributed by atoms with Gasteiger partial charge in [0.25, 0.3) is 0 Å². The van der Waals surface area contributed by atoms with Crippen LogP contribution in [0, 0.1) is 0 Å². The molecular weight excluding hydrogens is 234 g/mol. The molecule has 0 atom stereocenters. The average molecular weight is 256 g/mol. The van der Waals surface area contributed by atoms with Gasteiger partial charge in [0.1, 0.15) is 0 Å². The highest BCUT2D eigenvalue weighted by Gasteiger charge is 2.10. The third-order valence-electron chi connectivity index (χ3n) is 2.78. The monoisotopic (exact) mass is 255 g/mol. The maximum Gasteiger partial charge on any atom is 0.0459 e. The van der Waals surface area contributed by atoms with Crippen LogP contribution in [0.5, 0.6) is 0 Å². The first kappa shape index (κ1) is 14.3. The Kier molecular flexibility index (Phi) is 5.75. The SMILES string of the molecule is CN(C)CCN(C)c1cccc(Cl)c1CCN. The van der Waals surface area contributed by atoms with E-state index in [4.69, 9.17) is 17.3 Å². The van der Waals surface area contributed by atoms with Crippen molar-refractivity contribution in [2.24, 2.45) is 5.73 Å². The number of hydrogen-bond acceptors (Lipinski definition) is 3. The number of rotatable bonds is 6. The molecule has 1 aromatic carbocycles. The van der Waals surface area contributed by atoms with Gasteiger partial charge in [-0.3, -0.25) is 0 Å². The van der Waals surface area contributed by atoms with E-state index in [0.29, 0.717) is 6.54 Å². The predicted molar refractivity (Wildman–Crippen MR) is 76.0 cm³/mol. The average Bonchev–Trinajstić information content (AvgIpc) is 2.29. The van der Waals surface area contributed by atoms with Gasteiger partial charge in [-0.25, -0.2) is 0 Å². The van der Waals surface area contributed by atoms with Gasteiger partial charge >= 0.3 is 0 Å². The third-order valence-corrected chi connectivity index (χ3v) is 3.14.